The van der Waals surface area contributed by atoms with E-state index >= 15 is 0 Å². The number of nitrogens with two attached hydrogens (primary N) is 1. The zero-order valence-corrected chi connectivity index (χ0v) is 11.3. The second-order valence-corrected chi connectivity index (χ2v) is 5.75. The number of aryl methyl sites for hydroxylation is 1. The summed E-state index contributed by atoms with van der Waals surface area (Å²) in [5.41, 5.74) is 6.13. The molecule has 2 unspecified atom stereocenters. The van der Waals surface area contributed by atoms with Crippen molar-refractivity contribution in [1.82, 2.24) is 5.32 Å². The van der Waals surface area contributed by atoms with Crippen LogP contribution in [0.2, 0.25) is 0 Å². The number of hydrogen-bond donors (Lipinski definition) is 4. The summed E-state index contributed by atoms with van der Waals surface area (Å²) < 4.78 is 29.6. The standard InChI is InChI=1S/C7H8O3S.C3H6N2OS/c1-6-2-4-7(5-3-6)11(8,9)10;4-1-2(6)5-3(1)7/h2-5H,1H3,(H,8,9,10);1,3,7H,4H2,(H,5,6). The lowest BCUT2D eigenvalue weighted by atomic mass is 10.2. The smallest absolute Gasteiger partial charge is 0.294 e. The molecule has 0 bridgehead atoms. The molecular weight excluding hydrogens is 276 g/mol. The molecule has 0 aliphatic carbocycles. The number of rotatable bonds is 1. The fraction of sp³-hybridized carbons (Fsp3) is 0.300. The van der Waals surface area contributed by atoms with Gasteiger partial charge in [0.15, 0.2) is 0 Å². The molecule has 1 aromatic carbocycles. The maximum atomic E-state index is 10.5. The Labute approximate surface area is 111 Å². The molecule has 1 aliphatic rings. The number of carbonyl (C=O) groups is 1. The van der Waals surface area contributed by atoms with E-state index in [1.165, 1.54) is 12.1 Å². The molecule has 2 atom stereocenters. The number of thiol groups is 1. The third-order valence-corrected chi connectivity index (χ3v) is 3.57. The molecule has 100 valence electrons. The molecule has 6 nitrogen and oxygen atoms in total. The summed E-state index contributed by atoms with van der Waals surface area (Å²) >= 11 is 3.88. The van der Waals surface area contributed by atoms with Gasteiger partial charge in [0.25, 0.3) is 10.1 Å². The van der Waals surface area contributed by atoms with E-state index in [0.29, 0.717) is 0 Å². The van der Waals surface area contributed by atoms with Gasteiger partial charge in [-0.05, 0) is 19.1 Å². The van der Waals surface area contributed by atoms with Crippen molar-refractivity contribution >= 4 is 28.7 Å². The summed E-state index contributed by atoms with van der Waals surface area (Å²) in [6.07, 6.45) is 0. The molecule has 0 spiro atoms. The summed E-state index contributed by atoms with van der Waals surface area (Å²) in [5.74, 6) is -0.111. The Kier molecular flexibility index (Phi) is 4.74. The van der Waals surface area contributed by atoms with E-state index in [0.717, 1.165) is 5.56 Å². The fourth-order valence-corrected chi connectivity index (χ4v) is 1.83. The molecule has 4 N–H and O–H groups in total. The first-order valence-corrected chi connectivity index (χ1v) is 6.95. The van der Waals surface area contributed by atoms with Crippen LogP contribution >= 0.6 is 12.6 Å². The Morgan fingerprint density at radius 3 is 2.06 bits per heavy atom. The summed E-state index contributed by atoms with van der Waals surface area (Å²) in [4.78, 5) is 10.1. The fourth-order valence-electron chi connectivity index (χ4n) is 1.09. The van der Waals surface area contributed by atoms with Crippen molar-refractivity contribution in [3.63, 3.8) is 0 Å². The molecule has 1 fully saturated rings. The second kappa shape index (κ2) is 5.70. The van der Waals surface area contributed by atoms with Gasteiger partial charge in [-0.1, -0.05) is 17.7 Å². The average molecular weight is 290 g/mol. The van der Waals surface area contributed by atoms with E-state index in [1.807, 2.05) is 6.92 Å². The van der Waals surface area contributed by atoms with Gasteiger partial charge in [-0.3, -0.25) is 9.35 Å². The van der Waals surface area contributed by atoms with Gasteiger partial charge < -0.3 is 11.1 Å². The highest BCUT2D eigenvalue weighted by Crippen LogP contribution is 2.08. The van der Waals surface area contributed by atoms with Gasteiger partial charge in [-0.25, -0.2) is 0 Å². The SMILES string of the molecule is Cc1ccc(S(=O)(=O)O)cc1.NC1C(=O)NC1S. The Morgan fingerprint density at radius 2 is 1.83 bits per heavy atom. The quantitative estimate of drug-likeness (QED) is 0.329. The lowest BCUT2D eigenvalue weighted by Crippen LogP contribution is -2.63. The van der Waals surface area contributed by atoms with Crippen molar-refractivity contribution in [3.05, 3.63) is 29.8 Å². The van der Waals surface area contributed by atoms with Crippen LogP contribution in [-0.4, -0.2) is 30.3 Å². The first kappa shape index (κ1) is 15.0. The van der Waals surface area contributed by atoms with Gasteiger partial charge >= 0.3 is 0 Å². The monoisotopic (exact) mass is 290 g/mol. The summed E-state index contributed by atoms with van der Waals surface area (Å²) in [6, 6.07) is 5.60. The highest BCUT2D eigenvalue weighted by atomic mass is 32.2. The van der Waals surface area contributed by atoms with Gasteiger partial charge in [0.05, 0.1) is 10.3 Å². The van der Waals surface area contributed by atoms with Gasteiger partial charge in [-0.2, -0.15) is 21.0 Å². The molecule has 8 heteroatoms. The van der Waals surface area contributed by atoms with Crippen LogP contribution < -0.4 is 11.1 Å². The van der Waals surface area contributed by atoms with Crippen LogP contribution in [0.3, 0.4) is 0 Å². The highest BCUT2D eigenvalue weighted by Gasteiger charge is 2.32. The molecule has 0 aromatic heterocycles. The molecule has 1 saturated heterocycles. The molecule has 2 rings (SSSR count). The molecule has 1 amide bonds. The van der Waals surface area contributed by atoms with Gasteiger partial charge in [0.1, 0.15) is 6.04 Å². The number of β-lactam (4-membered cyclic amide) rings is 1. The van der Waals surface area contributed by atoms with Crippen molar-refractivity contribution in [2.24, 2.45) is 5.73 Å². The number of hydrogen-bond acceptors (Lipinski definition) is 5. The van der Waals surface area contributed by atoms with E-state index in [1.54, 1.807) is 12.1 Å². The third kappa shape index (κ3) is 3.98. The highest BCUT2D eigenvalue weighted by molar-refractivity contribution is 7.85. The summed E-state index contributed by atoms with van der Waals surface area (Å²) in [7, 11) is -4.02. The van der Waals surface area contributed by atoms with Crippen molar-refractivity contribution in [2.75, 3.05) is 0 Å². The summed E-state index contributed by atoms with van der Waals surface area (Å²) in [5, 5.41) is 2.34. The van der Waals surface area contributed by atoms with Crippen molar-refractivity contribution in [2.45, 2.75) is 23.2 Å². The maximum Gasteiger partial charge on any atom is 0.294 e. The van der Waals surface area contributed by atoms with Crippen LogP contribution in [0.4, 0.5) is 0 Å². The van der Waals surface area contributed by atoms with Crippen molar-refractivity contribution in [1.29, 1.82) is 0 Å². The Bertz CT molecular complexity index is 527. The van der Waals surface area contributed by atoms with E-state index < -0.39 is 10.1 Å². The van der Waals surface area contributed by atoms with Gasteiger partial charge in [-0.15, -0.1) is 0 Å². The topological polar surface area (TPSA) is 109 Å². The lowest BCUT2D eigenvalue weighted by Gasteiger charge is -2.29. The molecule has 0 radical (unpaired) electrons. The van der Waals surface area contributed by atoms with Crippen molar-refractivity contribution in [3.8, 4) is 0 Å². The lowest BCUT2D eigenvalue weighted by molar-refractivity contribution is -0.128. The van der Waals surface area contributed by atoms with Crippen LogP contribution in [-0.2, 0) is 14.9 Å². The first-order valence-electron chi connectivity index (χ1n) is 5.00. The van der Waals surface area contributed by atoms with Crippen molar-refractivity contribution < 1.29 is 17.8 Å². The molecule has 18 heavy (non-hydrogen) atoms. The minimum atomic E-state index is -4.02. The van der Waals surface area contributed by atoms with Crippen LogP contribution in [0, 0.1) is 6.92 Å². The van der Waals surface area contributed by atoms with E-state index in [2.05, 4.69) is 17.9 Å². The predicted molar refractivity (Wildman–Crippen MR) is 69.9 cm³/mol. The van der Waals surface area contributed by atoms with Crippen LogP contribution in [0.1, 0.15) is 5.56 Å². The molecule has 1 aromatic rings. The largest absolute Gasteiger partial charge is 0.341 e. The normalized spacial score (nSPS) is 22.3. The molecule has 1 heterocycles. The third-order valence-electron chi connectivity index (χ3n) is 2.25. The van der Waals surface area contributed by atoms with Crippen LogP contribution in [0.5, 0.6) is 0 Å². The zero-order chi connectivity index (χ0) is 13.9. The number of carbonyl (C=O) groups excluding carboxylic acids is 1. The maximum absolute atomic E-state index is 10.5. The average Bonchev–Trinajstić information content (AvgIpc) is 2.29. The van der Waals surface area contributed by atoms with Crippen LogP contribution in [0.15, 0.2) is 29.2 Å². The molecule has 0 saturated carbocycles. The second-order valence-electron chi connectivity index (χ2n) is 3.77. The molecular formula is C10H14N2O4S2. The van der Waals surface area contributed by atoms with E-state index in [-0.39, 0.29) is 22.2 Å². The minimum Gasteiger partial charge on any atom is -0.341 e. The minimum absolute atomic E-state index is 0.0666. The Balaban J connectivity index is 0.000000199. The Hall–Kier alpha value is -1.09. The number of amides is 1. The van der Waals surface area contributed by atoms with E-state index in [4.69, 9.17) is 10.3 Å². The number of nitrogens with one attached hydrogen (secondary N) is 1. The zero-order valence-electron chi connectivity index (χ0n) is 9.57. The van der Waals surface area contributed by atoms with Crippen LogP contribution in [0.25, 0.3) is 0 Å². The van der Waals surface area contributed by atoms with E-state index in [9.17, 15) is 13.2 Å². The predicted octanol–water partition coefficient (Wildman–Crippen LogP) is -0.0589. The number of benzene rings is 1. The Morgan fingerprint density at radius 1 is 1.33 bits per heavy atom. The first-order chi connectivity index (χ1) is 8.21. The summed E-state index contributed by atoms with van der Waals surface area (Å²) in [6.45, 7) is 1.84. The molecule has 1 aliphatic heterocycles. The van der Waals surface area contributed by atoms with Gasteiger partial charge in [0.2, 0.25) is 5.91 Å². The van der Waals surface area contributed by atoms with Gasteiger partial charge in [0, 0.05) is 0 Å².